The highest BCUT2D eigenvalue weighted by atomic mass is 35.5. The number of benzene rings is 1. The summed E-state index contributed by atoms with van der Waals surface area (Å²) in [5.41, 5.74) is 7.20. The molecule has 2 atom stereocenters. The Labute approximate surface area is 180 Å². The second-order valence-corrected chi connectivity index (χ2v) is 8.69. The van der Waals surface area contributed by atoms with Crippen LogP contribution in [-0.4, -0.2) is 76.1 Å². The fourth-order valence-corrected chi connectivity index (χ4v) is 5.22. The number of rotatable bonds is 3. The number of amides is 2. The van der Waals surface area contributed by atoms with E-state index in [2.05, 4.69) is 6.07 Å². The van der Waals surface area contributed by atoms with Crippen molar-refractivity contribution in [3.05, 3.63) is 34.9 Å². The van der Waals surface area contributed by atoms with E-state index in [1.54, 1.807) is 9.80 Å². The SMILES string of the molecule is NC[C@]1(c2cccc(Cl)c2)CC[C@@H](N2CC(=O)N3C[C@H](O)C[C@H]3C2=O)CC1.O=CO. The summed E-state index contributed by atoms with van der Waals surface area (Å²) in [5, 5.41) is 17.4. The zero-order chi connectivity index (χ0) is 21.9. The van der Waals surface area contributed by atoms with Crippen LogP contribution in [0.3, 0.4) is 0 Å². The summed E-state index contributed by atoms with van der Waals surface area (Å²) >= 11 is 6.18. The van der Waals surface area contributed by atoms with Crippen LogP contribution >= 0.6 is 11.6 Å². The minimum absolute atomic E-state index is 0.0147. The van der Waals surface area contributed by atoms with Crippen LogP contribution in [0.2, 0.25) is 5.02 Å². The summed E-state index contributed by atoms with van der Waals surface area (Å²) in [6.07, 6.45) is 3.12. The van der Waals surface area contributed by atoms with E-state index < -0.39 is 12.1 Å². The van der Waals surface area contributed by atoms with E-state index in [1.165, 1.54) is 0 Å². The van der Waals surface area contributed by atoms with Crippen LogP contribution in [0.4, 0.5) is 0 Å². The second-order valence-electron chi connectivity index (χ2n) is 8.25. The largest absolute Gasteiger partial charge is 0.483 e. The molecule has 4 rings (SSSR count). The third-order valence-corrected chi connectivity index (χ3v) is 6.89. The maximum atomic E-state index is 12.9. The first kappa shape index (κ1) is 22.5. The number of carbonyl (C=O) groups excluding carboxylic acids is 2. The van der Waals surface area contributed by atoms with Gasteiger partial charge in [0.2, 0.25) is 11.8 Å². The van der Waals surface area contributed by atoms with Crippen LogP contribution in [0.15, 0.2) is 24.3 Å². The van der Waals surface area contributed by atoms with Crippen molar-refractivity contribution in [2.24, 2.45) is 5.73 Å². The molecule has 2 amide bonds. The highest BCUT2D eigenvalue weighted by molar-refractivity contribution is 6.30. The molecule has 2 saturated heterocycles. The fraction of sp³-hybridized carbons (Fsp3) is 0.571. The molecule has 2 aliphatic heterocycles. The van der Waals surface area contributed by atoms with Gasteiger partial charge >= 0.3 is 0 Å². The van der Waals surface area contributed by atoms with E-state index in [1.807, 2.05) is 18.2 Å². The molecule has 0 spiro atoms. The van der Waals surface area contributed by atoms with Gasteiger partial charge in [0.05, 0.1) is 6.10 Å². The summed E-state index contributed by atoms with van der Waals surface area (Å²) in [5.74, 6) is -0.0687. The van der Waals surface area contributed by atoms with E-state index in [0.717, 1.165) is 31.2 Å². The number of aliphatic hydroxyl groups is 1. The lowest BCUT2D eigenvalue weighted by atomic mass is 9.68. The van der Waals surface area contributed by atoms with Gasteiger partial charge in [-0.05, 0) is 43.4 Å². The monoisotopic (exact) mass is 437 g/mol. The number of nitrogens with two attached hydrogens (primary N) is 1. The Bertz CT molecular complexity index is 797. The first-order chi connectivity index (χ1) is 14.3. The molecule has 0 aromatic heterocycles. The number of fused-ring (bicyclic) bond motifs is 1. The van der Waals surface area contributed by atoms with Gasteiger partial charge in [-0.3, -0.25) is 14.4 Å². The topological polar surface area (TPSA) is 124 Å². The Hall–Kier alpha value is -2.16. The molecular weight excluding hydrogens is 410 g/mol. The second kappa shape index (κ2) is 9.32. The molecule has 1 aromatic rings. The minimum atomic E-state index is -0.595. The maximum absolute atomic E-state index is 12.9. The Morgan fingerprint density at radius 3 is 2.50 bits per heavy atom. The lowest BCUT2D eigenvalue weighted by Gasteiger charge is -2.46. The number of carboxylic acid groups (broad SMARTS) is 1. The first-order valence-corrected chi connectivity index (χ1v) is 10.5. The van der Waals surface area contributed by atoms with Crippen LogP contribution in [0.25, 0.3) is 0 Å². The Balaban J connectivity index is 0.000000806. The molecule has 8 nitrogen and oxygen atoms in total. The molecule has 1 saturated carbocycles. The zero-order valence-corrected chi connectivity index (χ0v) is 17.5. The van der Waals surface area contributed by atoms with Gasteiger partial charge in [0.25, 0.3) is 6.47 Å². The number of carbonyl (C=O) groups is 3. The highest BCUT2D eigenvalue weighted by Gasteiger charge is 2.48. The minimum Gasteiger partial charge on any atom is -0.483 e. The predicted molar refractivity (Wildman–Crippen MR) is 111 cm³/mol. The van der Waals surface area contributed by atoms with Gasteiger partial charge in [0, 0.05) is 36.0 Å². The van der Waals surface area contributed by atoms with Crippen molar-refractivity contribution >= 4 is 29.9 Å². The average Bonchev–Trinajstić information content (AvgIpc) is 3.14. The molecule has 1 aliphatic carbocycles. The van der Waals surface area contributed by atoms with Crippen molar-refractivity contribution in [1.29, 1.82) is 0 Å². The van der Waals surface area contributed by atoms with Crippen LogP contribution in [0.5, 0.6) is 0 Å². The number of aliphatic hydroxyl groups excluding tert-OH is 1. The molecular formula is C21H28ClN3O5. The van der Waals surface area contributed by atoms with Gasteiger partial charge in [-0.15, -0.1) is 0 Å². The van der Waals surface area contributed by atoms with Crippen molar-refractivity contribution in [3.8, 4) is 0 Å². The van der Waals surface area contributed by atoms with Crippen molar-refractivity contribution in [2.45, 2.75) is 55.7 Å². The van der Waals surface area contributed by atoms with Crippen LogP contribution in [-0.2, 0) is 19.8 Å². The lowest BCUT2D eigenvalue weighted by Crippen LogP contribution is -2.61. The van der Waals surface area contributed by atoms with Gasteiger partial charge in [0.1, 0.15) is 12.6 Å². The molecule has 2 heterocycles. The molecule has 3 aliphatic rings. The summed E-state index contributed by atoms with van der Waals surface area (Å²) in [7, 11) is 0. The van der Waals surface area contributed by atoms with E-state index in [-0.39, 0.29) is 42.8 Å². The fourth-order valence-electron chi connectivity index (χ4n) is 5.03. The van der Waals surface area contributed by atoms with E-state index in [4.69, 9.17) is 27.2 Å². The average molecular weight is 438 g/mol. The van der Waals surface area contributed by atoms with Gasteiger partial charge < -0.3 is 25.7 Å². The molecule has 164 valence electrons. The van der Waals surface area contributed by atoms with Gasteiger partial charge in [-0.25, -0.2) is 0 Å². The normalized spacial score (nSPS) is 31.1. The molecule has 9 heteroatoms. The highest BCUT2D eigenvalue weighted by Crippen LogP contribution is 2.41. The molecule has 0 bridgehead atoms. The number of hydrogen-bond donors (Lipinski definition) is 3. The molecule has 0 unspecified atom stereocenters. The standard InChI is InChI=1S/C20H26ClN3O3.CH2O2/c21-14-3-1-2-13(8-14)20(12-22)6-4-15(5-7-20)23-11-18(26)24-10-16(25)9-17(24)19(23)27;2-1-3/h1-3,8,15-17,25H,4-7,9-12,22H2;1H,(H,2,3)/t15-,16-,17+,20+;/m1./s1. The third kappa shape index (κ3) is 4.31. The van der Waals surface area contributed by atoms with Crippen LogP contribution < -0.4 is 5.73 Å². The van der Waals surface area contributed by atoms with Crippen molar-refractivity contribution in [2.75, 3.05) is 19.6 Å². The van der Waals surface area contributed by atoms with Crippen LogP contribution in [0, 0.1) is 0 Å². The number of hydrogen-bond acceptors (Lipinski definition) is 5. The van der Waals surface area contributed by atoms with Crippen molar-refractivity contribution < 1.29 is 24.6 Å². The van der Waals surface area contributed by atoms with Crippen LogP contribution in [0.1, 0.15) is 37.7 Å². The number of halogens is 1. The zero-order valence-electron chi connectivity index (χ0n) is 16.7. The van der Waals surface area contributed by atoms with E-state index >= 15 is 0 Å². The molecule has 3 fully saturated rings. The van der Waals surface area contributed by atoms with E-state index in [9.17, 15) is 14.7 Å². The lowest BCUT2D eigenvalue weighted by molar-refractivity contribution is -0.156. The van der Waals surface area contributed by atoms with Crippen molar-refractivity contribution in [3.63, 3.8) is 0 Å². The first-order valence-electron chi connectivity index (χ1n) is 10.2. The summed E-state index contributed by atoms with van der Waals surface area (Å²) < 4.78 is 0. The van der Waals surface area contributed by atoms with Gasteiger partial charge in [0.15, 0.2) is 0 Å². The van der Waals surface area contributed by atoms with Gasteiger partial charge in [-0.1, -0.05) is 23.7 Å². The van der Waals surface area contributed by atoms with E-state index in [0.29, 0.717) is 18.0 Å². The maximum Gasteiger partial charge on any atom is 0.290 e. The van der Waals surface area contributed by atoms with Crippen molar-refractivity contribution in [1.82, 2.24) is 9.80 Å². The summed E-state index contributed by atoms with van der Waals surface area (Å²) in [6.45, 7) is 0.688. The Kier molecular flexibility index (Phi) is 7.00. The molecule has 1 aromatic carbocycles. The van der Waals surface area contributed by atoms with Gasteiger partial charge in [-0.2, -0.15) is 0 Å². The molecule has 0 radical (unpaired) electrons. The number of nitrogens with zero attached hydrogens (tertiary/aromatic N) is 2. The molecule has 4 N–H and O–H groups in total. The summed E-state index contributed by atoms with van der Waals surface area (Å²) in [4.78, 5) is 37.0. The number of piperazine rings is 1. The predicted octanol–water partition coefficient (Wildman–Crippen LogP) is 0.984. The Morgan fingerprint density at radius 1 is 1.23 bits per heavy atom. The quantitative estimate of drug-likeness (QED) is 0.605. The Morgan fingerprint density at radius 2 is 1.90 bits per heavy atom. The third-order valence-electron chi connectivity index (χ3n) is 6.65. The molecule has 30 heavy (non-hydrogen) atoms. The smallest absolute Gasteiger partial charge is 0.290 e. The summed E-state index contributed by atoms with van der Waals surface area (Å²) in [6, 6.07) is 7.44.